The highest BCUT2D eigenvalue weighted by molar-refractivity contribution is 6.14. The van der Waals surface area contributed by atoms with Gasteiger partial charge in [0.1, 0.15) is 23.5 Å². The van der Waals surface area contributed by atoms with E-state index in [2.05, 4.69) is 53.8 Å². The van der Waals surface area contributed by atoms with Gasteiger partial charge in [-0.25, -0.2) is 9.97 Å². The van der Waals surface area contributed by atoms with Crippen LogP contribution in [0.15, 0.2) is 35.6 Å². The molecule has 0 unspecified atom stereocenters. The van der Waals surface area contributed by atoms with Crippen molar-refractivity contribution in [1.29, 1.82) is 0 Å². The zero-order valence-corrected chi connectivity index (χ0v) is 16.7. The summed E-state index contributed by atoms with van der Waals surface area (Å²) in [6.07, 6.45) is 3.88. The second-order valence-corrected chi connectivity index (χ2v) is 8.83. The van der Waals surface area contributed by atoms with Gasteiger partial charge in [-0.1, -0.05) is 6.07 Å². The van der Waals surface area contributed by atoms with Crippen LogP contribution in [0, 0.1) is 0 Å². The second kappa shape index (κ2) is 6.27. The number of aliphatic imine (C=N–C) groups is 1. The molecule has 2 aliphatic heterocycles. The summed E-state index contributed by atoms with van der Waals surface area (Å²) < 4.78 is 12.0. The molecule has 1 aromatic heterocycles. The van der Waals surface area contributed by atoms with Gasteiger partial charge in [-0.3, -0.25) is 4.99 Å². The van der Waals surface area contributed by atoms with Crippen LogP contribution in [0.4, 0.5) is 5.82 Å². The Morgan fingerprint density at radius 3 is 2.75 bits per heavy atom. The van der Waals surface area contributed by atoms with E-state index in [0.29, 0.717) is 13.2 Å². The topological polar surface area (TPSA) is 59.8 Å². The number of ether oxygens (including phenoxy) is 2. The third kappa shape index (κ3) is 3.37. The molecule has 28 heavy (non-hydrogen) atoms. The highest BCUT2D eigenvalue weighted by Gasteiger charge is 2.40. The van der Waals surface area contributed by atoms with E-state index in [9.17, 15) is 0 Å². The average Bonchev–Trinajstić information content (AvgIpc) is 3.24. The smallest absolute Gasteiger partial charge is 0.132 e. The van der Waals surface area contributed by atoms with Crippen molar-refractivity contribution in [2.24, 2.45) is 4.99 Å². The fourth-order valence-corrected chi connectivity index (χ4v) is 3.87. The van der Waals surface area contributed by atoms with Crippen molar-refractivity contribution in [2.45, 2.75) is 51.4 Å². The molecule has 3 heterocycles. The summed E-state index contributed by atoms with van der Waals surface area (Å²) in [5.41, 5.74) is 3.96. The van der Waals surface area contributed by atoms with E-state index >= 15 is 0 Å². The molecule has 0 radical (unpaired) electrons. The number of anilines is 1. The maximum atomic E-state index is 6.15. The summed E-state index contributed by atoms with van der Waals surface area (Å²) >= 11 is 0. The number of morpholine rings is 1. The molecule has 146 valence electrons. The van der Waals surface area contributed by atoms with Crippen LogP contribution in [0.3, 0.4) is 0 Å². The van der Waals surface area contributed by atoms with E-state index in [-0.39, 0.29) is 11.2 Å². The quantitative estimate of drug-likeness (QED) is 0.816. The van der Waals surface area contributed by atoms with Gasteiger partial charge in [0.25, 0.3) is 0 Å². The van der Waals surface area contributed by atoms with Crippen molar-refractivity contribution in [3.8, 4) is 5.75 Å². The largest absolute Gasteiger partial charge is 0.488 e. The molecule has 0 spiro atoms. The van der Waals surface area contributed by atoms with Crippen LogP contribution in [-0.4, -0.2) is 46.6 Å². The van der Waals surface area contributed by atoms with Gasteiger partial charge in [0.15, 0.2) is 0 Å². The minimum Gasteiger partial charge on any atom is -0.488 e. The van der Waals surface area contributed by atoms with Gasteiger partial charge in [-0.15, -0.1) is 0 Å². The van der Waals surface area contributed by atoms with Crippen LogP contribution in [0.2, 0.25) is 0 Å². The van der Waals surface area contributed by atoms with E-state index in [4.69, 9.17) is 14.5 Å². The average molecular weight is 378 g/mol. The first-order valence-electron chi connectivity index (χ1n) is 9.99. The lowest BCUT2D eigenvalue weighted by Gasteiger charge is -2.38. The molecule has 6 heteroatoms. The Hall–Kier alpha value is -2.47. The Morgan fingerprint density at radius 2 is 1.96 bits per heavy atom. The Morgan fingerprint density at radius 1 is 1.11 bits per heavy atom. The number of rotatable bonds is 4. The normalized spacial score (nSPS) is 21.8. The molecule has 0 bridgehead atoms. The molecule has 1 saturated heterocycles. The number of nitrogens with zero attached hydrogens (tertiary/aromatic N) is 4. The van der Waals surface area contributed by atoms with Gasteiger partial charge >= 0.3 is 0 Å². The van der Waals surface area contributed by atoms with E-state index in [1.807, 2.05) is 6.07 Å². The maximum absolute atomic E-state index is 6.15. The fraction of sp³-hybridized carbons (Fsp3) is 0.500. The highest BCUT2D eigenvalue weighted by atomic mass is 16.5. The molecule has 5 rings (SSSR count). The molecule has 1 saturated carbocycles. The number of hydrogen-bond acceptors (Lipinski definition) is 6. The molecule has 0 N–H and O–H groups in total. The highest BCUT2D eigenvalue weighted by Crippen LogP contribution is 2.40. The molecule has 2 aromatic rings. The van der Waals surface area contributed by atoms with Gasteiger partial charge in [0.2, 0.25) is 0 Å². The van der Waals surface area contributed by atoms with Crippen molar-refractivity contribution in [3.63, 3.8) is 0 Å². The monoisotopic (exact) mass is 378 g/mol. The summed E-state index contributed by atoms with van der Waals surface area (Å²) in [5.74, 6) is 1.84. The maximum Gasteiger partial charge on any atom is 0.132 e. The number of hydrogen-bond donors (Lipinski definition) is 0. The van der Waals surface area contributed by atoms with E-state index in [0.717, 1.165) is 54.5 Å². The standard InChI is InChI=1S/C22H26N4O2/c1-21(2)13-26(8-9-27-21)19-11-18(24-14-25-19)20-17-10-16(28-22(3)6-7-22)5-4-15(17)12-23-20/h4-5,10-11,14H,6-9,12-13H2,1-3H3. The van der Waals surface area contributed by atoms with E-state index in [1.54, 1.807) is 6.33 Å². The summed E-state index contributed by atoms with van der Waals surface area (Å²) in [4.78, 5) is 16.1. The summed E-state index contributed by atoms with van der Waals surface area (Å²) in [5, 5.41) is 0. The molecule has 0 amide bonds. The first-order valence-corrected chi connectivity index (χ1v) is 9.99. The molecule has 6 nitrogen and oxygen atoms in total. The van der Waals surface area contributed by atoms with Crippen molar-refractivity contribution >= 4 is 11.5 Å². The Bertz CT molecular complexity index is 949. The number of aromatic nitrogens is 2. The van der Waals surface area contributed by atoms with Crippen molar-refractivity contribution in [1.82, 2.24) is 9.97 Å². The molecule has 0 atom stereocenters. The molecule has 1 aromatic carbocycles. The molecular formula is C22H26N4O2. The Kier molecular flexibility index (Phi) is 3.95. The number of benzene rings is 1. The van der Waals surface area contributed by atoms with Crippen LogP contribution in [0.5, 0.6) is 5.75 Å². The minimum atomic E-state index is -0.175. The van der Waals surface area contributed by atoms with E-state index < -0.39 is 0 Å². The van der Waals surface area contributed by atoms with Crippen molar-refractivity contribution in [3.05, 3.63) is 47.4 Å². The van der Waals surface area contributed by atoms with Crippen LogP contribution < -0.4 is 9.64 Å². The molecule has 2 fully saturated rings. The third-order valence-electron chi connectivity index (χ3n) is 5.71. The van der Waals surface area contributed by atoms with Gasteiger partial charge in [0.05, 0.1) is 30.2 Å². The Balaban J connectivity index is 1.43. The summed E-state index contributed by atoms with van der Waals surface area (Å²) in [7, 11) is 0. The fourth-order valence-electron chi connectivity index (χ4n) is 3.87. The lowest BCUT2D eigenvalue weighted by molar-refractivity contribution is -0.0279. The van der Waals surface area contributed by atoms with Gasteiger partial charge in [-0.05, 0) is 51.3 Å². The van der Waals surface area contributed by atoms with Crippen LogP contribution in [0.25, 0.3) is 0 Å². The molecular weight excluding hydrogens is 352 g/mol. The van der Waals surface area contributed by atoms with Gasteiger partial charge in [0, 0.05) is 24.7 Å². The van der Waals surface area contributed by atoms with Gasteiger partial charge < -0.3 is 14.4 Å². The first-order chi connectivity index (χ1) is 13.4. The SMILES string of the molecule is CC1(C)CN(c2cc(C3=NCc4ccc(OC5(C)CC5)cc43)ncn2)CCO1. The summed E-state index contributed by atoms with van der Waals surface area (Å²) in [6, 6.07) is 8.34. The lowest BCUT2D eigenvalue weighted by Crippen LogP contribution is -2.48. The van der Waals surface area contributed by atoms with Crippen LogP contribution in [-0.2, 0) is 11.3 Å². The first kappa shape index (κ1) is 17.6. The second-order valence-electron chi connectivity index (χ2n) is 8.83. The number of fused-ring (bicyclic) bond motifs is 1. The predicted octanol–water partition coefficient (Wildman–Crippen LogP) is 3.37. The zero-order valence-electron chi connectivity index (χ0n) is 16.7. The third-order valence-corrected chi connectivity index (χ3v) is 5.71. The lowest BCUT2D eigenvalue weighted by atomic mass is 10.0. The van der Waals surface area contributed by atoms with E-state index in [1.165, 1.54) is 5.56 Å². The minimum absolute atomic E-state index is 0.00930. The predicted molar refractivity (Wildman–Crippen MR) is 108 cm³/mol. The van der Waals surface area contributed by atoms with Crippen molar-refractivity contribution in [2.75, 3.05) is 24.6 Å². The zero-order chi connectivity index (χ0) is 19.4. The summed E-state index contributed by atoms with van der Waals surface area (Å²) in [6.45, 7) is 9.42. The van der Waals surface area contributed by atoms with Crippen LogP contribution in [0.1, 0.15) is 50.4 Å². The Labute approximate surface area is 165 Å². The van der Waals surface area contributed by atoms with Gasteiger partial charge in [-0.2, -0.15) is 0 Å². The van der Waals surface area contributed by atoms with Crippen LogP contribution >= 0.6 is 0 Å². The molecule has 3 aliphatic rings. The van der Waals surface area contributed by atoms with Crippen molar-refractivity contribution < 1.29 is 9.47 Å². The molecule has 1 aliphatic carbocycles.